The first kappa shape index (κ1) is 13.1. The molecule has 92 valence electrons. The van der Waals surface area contributed by atoms with Crippen LogP contribution in [0.1, 0.15) is 38.4 Å². The summed E-state index contributed by atoms with van der Waals surface area (Å²) in [6.45, 7) is 5.37. The minimum atomic E-state index is 0.393. The van der Waals surface area contributed by atoms with Crippen LogP contribution in [0.15, 0.2) is 4.52 Å². The Hall–Kier alpha value is -0.940. The number of ether oxygens (including phenoxy) is 1. The number of rotatable bonds is 8. The van der Waals surface area contributed by atoms with Crippen molar-refractivity contribution < 1.29 is 9.26 Å². The Morgan fingerprint density at radius 2 is 2.25 bits per heavy atom. The molecule has 0 radical (unpaired) electrons. The topological polar surface area (TPSA) is 60.2 Å². The van der Waals surface area contributed by atoms with Gasteiger partial charge in [-0.25, -0.2) is 0 Å². The van der Waals surface area contributed by atoms with Crippen LogP contribution in [0.5, 0.6) is 0 Å². The highest BCUT2D eigenvalue weighted by molar-refractivity contribution is 4.87. The summed E-state index contributed by atoms with van der Waals surface area (Å²) in [6.07, 6.45) is 2.82. The standard InChI is InChI=1S/C11H21N3O2/c1-4-6-15-8-10-13-11(16-14-10)7-9(5-2)12-3/h9,12H,4-8H2,1-3H3. The van der Waals surface area contributed by atoms with Gasteiger partial charge in [0.2, 0.25) is 5.89 Å². The van der Waals surface area contributed by atoms with Crippen LogP contribution >= 0.6 is 0 Å². The zero-order valence-electron chi connectivity index (χ0n) is 10.3. The van der Waals surface area contributed by atoms with E-state index in [0.29, 0.717) is 24.4 Å². The van der Waals surface area contributed by atoms with Crippen molar-refractivity contribution in [2.45, 2.75) is 45.8 Å². The zero-order chi connectivity index (χ0) is 11.8. The minimum Gasteiger partial charge on any atom is -0.373 e. The summed E-state index contributed by atoms with van der Waals surface area (Å²) < 4.78 is 10.5. The minimum absolute atomic E-state index is 0.393. The summed E-state index contributed by atoms with van der Waals surface area (Å²) in [5.41, 5.74) is 0. The van der Waals surface area contributed by atoms with Crippen molar-refractivity contribution in [1.29, 1.82) is 0 Å². The molecule has 0 saturated heterocycles. The number of hydrogen-bond donors (Lipinski definition) is 1. The van der Waals surface area contributed by atoms with Gasteiger partial charge in [-0.3, -0.25) is 0 Å². The average molecular weight is 227 g/mol. The molecule has 0 aliphatic rings. The summed E-state index contributed by atoms with van der Waals surface area (Å²) in [5.74, 6) is 1.31. The Morgan fingerprint density at radius 3 is 2.88 bits per heavy atom. The lowest BCUT2D eigenvalue weighted by Gasteiger charge is -2.09. The van der Waals surface area contributed by atoms with Gasteiger partial charge in [-0.1, -0.05) is 19.0 Å². The number of aromatic nitrogens is 2. The van der Waals surface area contributed by atoms with Crippen LogP contribution in [0.25, 0.3) is 0 Å². The maximum Gasteiger partial charge on any atom is 0.228 e. The van der Waals surface area contributed by atoms with Gasteiger partial charge in [-0.15, -0.1) is 0 Å². The predicted molar refractivity (Wildman–Crippen MR) is 61.1 cm³/mol. The zero-order valence-corrected chi connectivity index (χ0v) is 10.3. The molecule has 0 aromatic carbocycles. The monoisotopic (exact) mass is 227 g/mol. The van der Waals surface area contributed by atoms with Crippen molar-refractivity contribution >= 4 is 0 Å². The predicted octanol–water partition coefficient (Wildman–Crippen LogP) is 1.54. The van der Waals surface area contributed by atoms with Crippen molar-refractivity contribution in [2.75, 3.05) is 13.7 Å². The first-order valence-corrected chi connectivity index (χ1v) is 5.86. The average Bonchev–Trinajstić information content (AvgIpc) is 2.74. The molecular weight excluding hydrogens is 206 g/mol. The number of likely N-dealkylation sites (N-methyl/N-ethyl adjacent to an activating group) is 1. The molecule has 5 heteroatoms. The maximum absolute atomic E-state index is 5.34. The number of hydrogen-bond acceptors (Lipinski definition) is 5. The fraction of sp³-hybridized carbons (Fsp3) is 0.818. The van der Waals surface area contributed by atoms with Crippen LogP contribution in [0.3, 0.4) is 0 Å². The second kappa shape index (κ2) is 7.35. The molecule has 16 heavy (non-hydrogen) atoms. The SMILES string of the molecule is CCCOCc1noc(CC(CC)NC)n1. The lowest BCUT2D eigenvalue weighted by Crippen LogP contribution is -2.26. The first-order chi connectivity index (χ1) is 7.80. The second-order valence-electron chi connectivity index (χ2n) is 3.75. The summed E-state index contributed by atoms with van der Waals surface area (Å²) in [7, 11) is 1.94. The quantitative estimate of drug-likeness (QED) is 0.682. The molecule has 1 heterocycles. The summed E-state index contributed by atoms with van der Waals surface area (Å²) in [4.78, 5) is 4.27. The molecule has 0 amide bonds. The van der Waals surface area contributed by atoms with Crippen molar-refractivity contribution in [1.82, 2.24) is 15.5 Å². The van der Waals surface area contributed by atoms with E-state index in [1.807, 2.05) is 7.05 Å². The molecule has 0 bridgehead atoms. The Bertz CT molecular complexity index is 285. The fourth-order valence-corrected chi connectivity index (χ4v) is 1.40. The lowest BCUT2D eigenvalue weighted by molar-refractivity contribution is 0.114. The van der Waals surface area contributed by atoms with E-state index < -0.39 is 0 Å². The molecule has 5 nitrogen and oxygen atoms in total. The molecule has 0 spiro atoms. The largest absolute Gasteiger partial charge is 0.373 e. The molecule has 1 aromatic heterocycles. The highest BCUT2D eigenvalue weighted by Crippen LogP contribution is 2.04. The third-order valence-corrected chi connectivity index (χ3v) is 2.41. The lowest BCUT2D eigenvalue weighted by atomic mass is 10.1. The van der Waals surface area contributed by atoms with Crippen molar-refractivity contribution in [3.63, 3.8) is 0 Å². The fourth-order valence-electron chi connectivity index (χ4n) is 1.40. The van der Waals surface area contributed by atoms with Gasteiger partial charge in [0.1, 0.15) is 6.61 Å². The van der Waals surface area contributed by atoms with Crippen LogP contribution in [-0.4, -0.2) is 29.8 Å². The van der Waals surface area contributed by atoms with Crippen LogP contribution in [-0.2, 0) is 17.8 Å². The van der Waals surface area contributed by atoms with Crippen LogP contribution in [0, 0.1) is 0 Å². The smallest absolute Gasteiger partial charge is 0.228 e. The Balaban J connectivity index is 2.38. The summed E-state index contributed by atoms with van der Waals surface area (Å²) >= 11 is 0. The van der Waals surface area contributed by atoms with Crippen molar-refractivity contribution in [3.05, 3.63) is 11.7 Å². The van der Waals surface area contributed by atoms with E-state index in [4.69, 9.17) is 9.26 Å². The van der Waals surface area contributed by atoms with E-state index in [1.165, 1.54) is 0 Å². The summed E-state index contributed by atoms with van der Waals surface area (Å²) in [5, 5.41) is 7.07. The third kappa shape index (κ3) is 4.28. The third-order valence-electron chi connectivity index (χ3n) is 2.41. The normalized spacial score (nSPS) is 12.9. The van der Waals surface area contributed by atoms with E-state index in [-0.39, 0.29) is 0 Å². The molecule has 0 aliphatic carbocycles. The van der Waals surface area contributed by atoms with Crippen LogP contribution in [0.4, 0.5) is 0 Å². The molecule has 1 rings (SSSR count). The van der Waals surface area contributed by atoms with Gasteiger partial charge in [0.15, 0.2) is 5.82 Å². The Kier molecular flexibility index (Phi) is 6.03. The van der Waals surface area contributed by atoms with Gasteiger partial charge in [0, 0.05) is 19.1 Å². The van der Waals surface area contributed by atoms with E-state index >= 15 is 0 Å². The molecule has 1 N–H and O–H groups in total. The van der Waals surface area contributed by atoms with Crippen molar-refractivity contribution in [2.24, 2.45) is 0 Å². The van der Waals surface area contributed by atoms with Gasteiger partial charge in [-0.05, 0) is 19.9 Å². The van der Waals surface area contributed by atoms with Gasteiger partial charge >= 0.3 is 0 Å². The summed E-state index contributed by atoms with van der Waals surface area (Å²) in [6, 6.07) is 0.393. The van der Waals surface area contributed by atoms with Crippen LogP contribution < -0.4 is 5.32 Å². The van der Waals surface area contributed by atoms with E-state index in [2.05, 4.69) is 29.3 Å². The van der Waals surface area contributed by atoms with Gasteiger partial charge in [-0.2, -0.15) is 4.98 Å². The molecule has 1 unspecified atom stereocenters. The van der Waals surface area contributed by atoms with Gasteiger partial charge < -0.3 is 14.6 Å². The number of nitrogens with zero attached hydrogens (tertiary/aromatic N) is 2. The van der Waals surface area contributed by atoms with Gasteiger partial charge in [0.25, 0.3) is 0 Å². The number of nitrogens with one attached hydrogen (secondary N) is 1. The van der Waals surface area contributed by atoms with E-state index in [0.717, 1.165) is 25.9 Å². The highest BCUT2D eigenvalue weighted by Gasteiger charge is 2.11. The molecule has 0 aliphatic heterocycles. The molecule has 1 atom stereocenters. The highest BCUT2D eigenvalue weighted by atomic mass is 16.5. The Labute approximate surface area is 96.6 Å². The molecule has 0 saturated carbocycles. The Morgan fingerprint density at radius 1 is 1.44 bits per heavy atom. The maximum atomic E-state index is 5.34. The molecule has 1 aromatic rings. The molecule has 0 fully saturated rings. The second-order valence-corrected chi connectivity index (χ2v) is 3.75. The van der Waals surface area contributed by atoms with Crippen molar-refractivity contribution in [3.8, 4) is 0 Å². The van der Waals surface area contributed by atoms with Gasteiger partial charge in [0.05, 0.1) is 0 Å². The first-order valence-electron chi connectivity index (χ1n) is 5.86. The molecular formula is C11H21N3O2. The van der Waals surface area contributed by atoms with E-state index in [1.54, 1.807) is 0 Å². The van der Waals surface area contributed by atoms with Crippen LogP contribution in [0.2, 0.25) is 0 Å². The van der Waals surface area contributed by atoms with E-state index in [9.17, 15) is 0 Å².